The summed E-state index contributed by atoms with van der Waals surface area (Å²) in [5, 5.41) is 16.4. The lowest BCUT2D eigenvalue weighted by atomic mass is 10.3. The average molecular weight is 322 g/mol. The van der Waals surface area contributed by atoms with E-state index in [9.17, 15) is 0 Å². The number of aromatic nitrogens is 4. The van der Waals surface area contributed by atoms with Crippen LogP contribution < -0.4 is 5.32 Å². The van der Waals surface area contributed by atoms with Crippen LogP contribution >= 0.6 is 15.9 Å². The van der Waals surface area contributed by atoms with Crippen LogP contribution in [0.2, 0.25) is 0 Å². The van der Waals surface area contributed by atoms with Crippen LogP contribution in [-0.2, 0) is 6.54 Å². The predicted molar refractivity (Wildman–Crippen MR) is 76.2 cm³/mol. The molecule has 1 saturated carbocycles. The Morgan fingerprint density at radius 2 is 2.11 bits per heavy atom. The number of hydrogen-bond donors (Lipinski definition) is 1. The van der Waals surface area contributed by atoms with Gasteiger partial charge in [-0.3, -0.25) is 0 Å². The van der Waals surface area contributed by atoms with E-state index < -0.39 is 0 Å². The molecule has 2 aromatic rings. The van der Waals surface area contributed by atoms with Gasteiger partial charge in [-0.2, -0.15) is 10.2 Å². The van der Waals surface area contributed by atoms with E-state index in [-0.39, 0.29) is 0 Å². The number of nitrogens with one attached hydrogen (secondary N) is 1. The van der Waals surface area contributed by atoms with E-state index in [1.54, 1.807) is 0 Å². The summed E-state index contributed by atoms with van der Waals surface area (Å²) >= 11 is 3.52. The molecule has 0 radical (unpaired) electrons. The van der Waals surface area contributed by atoms with Crippen molar-refractivity contribution in [3.63, 3.8) is 0 Å². The zero-order valence-corrected chi connectivity index (χ0v) is 12.6. The van der Waals surface area contributed by atoms with Crippen molar-refractivity contribution in [3.8, 4) is 5.82 Å². The largest absolute Gasteiger partial charge is 0.308 e. The smallest absolute Gasteiger partial charge is 0.175 e. The lowest BCUT2D eigenvalue weighted by Gasteiger charge is -2.04. The SMILES string of the molecule is Cc1nn(-c2ccc(CNC3CC3)nn2)c(C)c1Br. The van der Waals surface area contributed by atoms with E-state index in [0.717, 1.165) is 33.9 Å². The van der Waals surface area contributed by atoms with Crippen LogP contribution in [0.3, 0.4) is 0 Å². The molecule has 1 N–H and O–H groups in total. The molecule has 0 amide bonds. The van der Waals surface area contributed by atoms with Gasteiger partial charge in [-0.05, 0) is 54.8 Å². The molecule has 0 saturated heterocycles. The normalized spacial score (nSPS) is 14.9. The average Bonchev–Trinajstić information content (AvgIpc) is 3.21. The maximum Gasteiger partial charge on any atom is 0.175 e. The first-order valence-corrected chi connectivity index (χ1v) is 7.22. The molecule has 0 aliphatic heterocycles. The van der Waals surface area contributed by atoms with E-state index in [1.165, 1.54) is 12.8 Å². The van der Waals surface area contributed by atoms with Gasteiger partial charge < -0.3 is 5.32 Å². The summed E-state index contributed by atoms with van der Waals surface area (Å²) in [4.78, 5) is 0. The molecule has 0 unspecified atom stereocenters. The summed E-state index contributed by atoms with van der Waals surface area (Å²) in [5.74, 6) is 0.751. The van der Waals surface area contributed by atoms with Crippen LogP contribution in [0.5, 0.6) is 0 Å². The van der Waals surface area contributed by atoms with Gasteiger partial charge in [-0.25, -0.2) is 4.68 Å². The topological polar surface area (TPSA) is 55.6 Å². The van der Waals surface area contributed by atoms with Gasteiger partial charge in [0, 0.05) is 12.6 Å². The minimum absolute atomic E-state index is 0.688. The Kier molecular flexibility index (Phi) is 3.36. The second-order valence-corrected chi connectivity index (χ2v) is 5.73. The van der Waals surface area contributed by atoms with Crippen LogP contribution in [0.1, 0.15) is 29.9 Å². The van der Waals surface area contributed by atoms with Gasteiger partial charge in [0.1, 0.15) is 0 Å². The van der Waals surface area contributed by atoms with Gasteiger partial charge in [0.2, 0.25) is 0 Å². The van der Waals surface area contributed by atoms with Crippen molar-refractivity contribution >= 4 is 15.9 Å². The van der Waals surface area contributed by atoms with Gasteiger partial charge in [-0.1, -0.05) is 0 Å². The van der Waals surface area contributed by atoms with Gasteiger partial charge in [0.15, 0.2) is 5.82 Å². The van der Waals surface area contributed by atoms with Crippen molar-refractivity contribution < 1.29 is 0 Å². The zero-order chi connectivity index (χ0) is 13.4. The Balaban J connectivity index is 1.78. The van der Waals surface area contributed by atoms with Gasteiger partial charge in [0.05, 0.1) is 21.6 Å². The van der Waals surface area contributed by atoms with E-state index >= 15 is 0 Å². The second-order valence-electron chi connectivity index (χ2n) is 4.93. The third-order valence-electron chi connectivity index (χ3n) is 3.27. The van der Waals surface area contributed by atoms with Crippen LogP contribution in [-0.4, -0.2) is 26.0 Å². The lowest BCUT2D eigenvalue weighted by Crippen LogP contribution is -2.17. The Morgan fingerprint density at radius 3 is 2.63 bits per heavy atom. The predicted octanol–water partition coefficient (Wildman–Crippen LogP) is 2.29. The molecule has 6 heteroatoms. The quantitative estimate of drug-likeness (QED) is 0.938. The molecule has 19 heavy (non-hydrogen) atoms. The highest BCUT2D eigenvalue weighted by molar-refractivity contribution is 9.10. The van der Waals surface area contributed by atoms with Crippen molar-refractivity contribution in [2.75, 3.05) is 0 Å². The van der Waals surface area contributed by atoms with Crippen molar-refractivity contribution in [1.82, 2.24) is 25.3 Å². The molecule has 3 rings (SSSR count). The van der Waals surface area contributed by atoms with E-state index in [2.05, 4.69) is 36.5 Å². The first kappa shape index (κ1) is 12.7. The molecule has 0 spiro atoms. The summed E-state index contributed by atoms with van der Waals surface area (Å²) < 4.78 is 2.83. The highest BCUT2D eigenvalue weighted by Gasteiger charge is 2.20. The maximum atomic E-state index is 4.45. The molecule has 1 aliphatic carbocycles. The van der Waals surface area contributed by atoms with Crippen molar-refractivity contribution in [3.05, 3.63) is 33.7 Å². The molecule has 0 bridgehead atoms. The number of rotatable bonds is 4. The Morgan fingerprint density at radius 1 is 1.32 bits per heavy atom. The number of nitrogens with zero attached hydrogens (tertiary/aromatic N) is 4. The van der Waals surface area contributed by atoms with E-state index in [0.29, 0.717) is 6.04 Å². The molecule has 2 aromatic heterocycles. The molecule has 2 heterocycles. The lowest BCUT2D eigenvalue weighted by molar-refractivity contribution is 0.660. The van der Waals surface area contributed by atoms with Gasteiger partial charge in [0.25, 0.3) is 0 Å². The Bertz CT molecular complexity index is 586. The molecule has 0 aromatic carbocycles. The van der Waals surface area contributed by atoms with Crippen molar-refractivity contribution in [2.45, 2.75) is 39.3 Å². The molecular formula is C13H16BrN5. The minimum atomic E-state index is 0.688. The Labute approximate surface area is 120 Å². The maximum absolute atomic E-state index is 4.45. The van der Waals surface area contributed by atoms with Crippen molar-refractivity contribution in [2.24, 2.45) is 0 Å². The summed E-state index contributed by atoms with van der Waals surface area (Å²) in [7, 11) is 0. The third kappa shape index (κ3) is 2.69. The number of aryl methyl sites for hydroxylation is 1. The highest BCUT2D eigenvalue weighted by Crippen LogP contribution is 2.22. The van der Waals surface area contributed by atoms with Crippen LogP contribution in [0, 0.1) is 13.8 Å². The molecule has 1 fully saturated rings. The van der Waals surface area contributed by atoms with Gasteiger partial charge in [-0.15, -0.1) is 5.10 Å². The van der Waals surface area contributed by atoms with Gasteiger partial charge >= 0.3 is 0 Å². The first-order valence-electron chi connectivity index (χ1n) is 6.43. The minimum Gasteiger partial charge on any atom is -0.308 e. The Hall–Kier alpha value is -1.27. The van der Waals surface area contributed by atoms with Crippen LogP contribution in [0.25, 0.3) is 5.82 Å². The van der Waals surface area contributed by atoms with E-state index in [1.807, 2.05) is 30.7 Å². The summed E-state index contributed by atoms with van der Waals surface area (Å²) in [6.07, 6.45) is 2.57. The van der Waals surface area contributed by atoms with E-state index in [4.69, 9.17) is 0 Å². The molecule has 5 nitrogen and oxygen atoms in total. The highest BCUT2D eigenvalue weighted by atomic mass is 79.9. The molecule has 100 valence electrons. The molecule has 1 aliphatic rings. The second kappa shape index (κ2) is 5.02. The number of hydrogen-bond acceptors (Lipinski definition) is 4. The fourth-order valence-corrected chi connectivity index (χ4v) is 2.19. The van der Waals surface area contributed by atoms with Crippen LogP contribution in [0.15, 0.2) is 16.6 Å². The molecular weight excluding hydrogens is 306 g/mol. The fraction of sp³-hybridized carbons (Fsp3) is 0.462. The standard InChI is InChI=1S/C13H16BrN5/c1-8-13(14)9(2)19(18-8)12-6-5-11(16-17-12)7-15-10-3-4-10/h5-6,10,15H,3-4,7H2,1-2H3. The third-order valence-corrected chi connectivity index (χ3v) is 4.42. The zero-order valence-electron chi connectivity index (χ0n) is 11.0. The monoisotopic (exact) mass is 321 g/mol. The summed E-state index contributed by atoms with van der Waals surface area (Å²) in [5.41, 5.74) is 2.96. The fourth-order valence-electron chi connectivity index (χ4n) is 1.94. The summed E-state index contributed by atoms with van der Waals surface area (Å²) in [6.45, 7) is 4.77. The molecule has 0 atom stereocenters. The number of halogens is 1. The van der Waals surface area contributed by atoms with Crippen molar-refractivity contribution in [1.29, 1.82) is 0 Å². The summed E-state index contributed by atoms with van der Waals surface area (Å²) in [6, 6.07) is 4.65. The van der Waals surface area contributed by atoms with Crippen LogP contribution in [0.4, 0.5) is 0 Å². The first-order chi connectivity index (χ1) is 9.15.